The van der Waals surface area contributed by atoms with E-state index < -0.39 is 0 Å². The molecule has 1 heterocycles. The van der Waals surface area contributed by atoms with Crippen molar-refractivity contribution in [3.63, 3.8) is 0 Å². The van der Waals surface area contributed by atoms with Gasteiger partial charge in [0, 0.05) is 11.6 Å². The number of nitrogens with zero attached hydrogens (tertiary/aromatic N) is 1. The quantitative estimate of drug-likeness (QED) is 0.789. The lowest BCUT2D eigenvalue weighted by molar-refractivity contribution is 0.271. The van der Waals surface area contributed by atoms with Crippen molar-refractivity contribution in [1.29, 1.82) is 0 Å². The fourth-order valence-electron chi connectivity index (χ4n) is 3.12. The summed E-state index contributed by atoms with van der Waals surface area (Å²) in [5, 5.41) is 3.88. The molecule has 2 nitrogen and oxygen atoms in total. The number of nitrogens with one attached hydrogen (secondary N) is 1. The molecular weight excluding hydrogens is 208 g/mol. The second-order valence-electron chi connectivity index (χ2n) is 6.91. The topological polar surface area (TPSA) is 15.3 Å². The van der Waals surface area contributed by atoms with E-state index in [9.17, 15) is 0 Å². The minimum Gasteiger partial charge on any atom is -0.309 e. The van der Waals surface area contributed by atoms with E-state index in [2.05, 4.69) is 17.1 Å². The first-order valence-corrected chi connectivity index (χ1v) is 7.74. The summed E-state index contributed by atoms with van der Waals surface area (Å²) >= 11 is 0. The summed E-state index contributed by atoms with van der Waals surface area (Å²) in [4.78, 5) is 2.72. The summed E-state index contributed by atoms with van der Waals surface area (Å²) in [5.74, 6) is 1.09. The highest BCUT2D eigenvalue weighted by molar-refractivity contribution is 4.99. The molecule has 1 aliphatic heterocycles. The third kappa shape index (κ3) is 3.69. The van der Waals surface area contributed by atoms with Gasteiger partial charge < -0.3 is 10.2 Å². The van der Waals surface area contributed by atoms with Gasteiger partial charge in [0.15, 0.2) is 0 Å². The Morgan fingerprint density at radius 3 is 2.65 bits per heavy atom. The normalized spacial score (nSPS) is 33.4. The van der Waals surface area contributed by atoms with E-state index in [1.165, 1.54) is 71.0 Å². The number of rotatable bonds is 5. The predicted octanol–water partition coefficient (Wildman–Crippen LogP) is 2.78. The van der Waals surface area contributed by atoms with Crippen LogP contribution in [0.25, 0.3) is 0 Å². The van der Waals surface area contributed by atoms with Crippen LogP contribution < -0.4 is 5.32 Å². The number of hydrogen-bond donors (Lipinski definition) is 1. The molecule has 1 saturated heterocycles. The van der Waals surface area contributed by atoms with Crippen LogP contribution in [0.2, 0.25) is 0 Å². The summed E-state index contributed by atoms with van der Waals surface area (Å²) in [6.45, 7) is 6.44. The molecule has 1 unspecified atom stereocenters. The summed E-state index contributed by atoms with van der Waals surface area (Å²) in [5.41, 5.74) is 0.522. The van der Waals surface area contributed by atoms with Crippen molar-refractivity contribution in [2.75, 3.05) is 19.6 Å². The maximum Gasteiger partial charge on any atom is 0.0157 e. The van der Waals surface area contributed by atoms with Crippen molar-refractivity contribution in [2.45, 2.75) is 69.9 Å². The number of likely N-dealkylation sites (tertiary alicyclic amines) is 1. The van der Waals surface area contributed by atoms with Crippen molar-refractivity contribution in [3.8, 4) is 0 Å². The highest BCUT2D eigenvalue weighted by atomic mass is 15.1. The van der Waals surface area contributed by atoms with E-state index in [4.69, 9.17) is 0 Å². The molecule has 0 radical (unpaired) electrons. The first-order valence-electron chi connectivity index (χ1n) is 7.74. The van der Waals surface area contributed by atoms with Crippen molar-refractivity contribution in [1.82, 2.24) is 10.2 Å². The van der Waals surface area contributed by atoms with Crippen LogP contribution in [0.4, 0.5) is 0 Å². The van der Waals surface area contributed by atoms with Crippen LogP contribution in [0.3, 0.4) is 0 Å². The third-order valence-electron chi connectivity index (χ3n) is 4.92. The van der Waals surface area contributed by atoms with Gasteiger partial charge in [-0.2, -0.15) is 0 Å². The SMILES string of the molecule is CC1(NC2CCCN(CCC3CC3)CC2)CC1. The van der Waals surface area contributed by atoms with Gasteiger partial charge in [-0.3, -0.25) is 0 Å². The van der Waals surface area contributed by atoms with E-state index in [1.807, 2.05) is 0 Å². The van der Waals surface area contributed by atoms with Crippen LogP contribution in [-0.4, -0.2) is 36.1 Å². The van der Waals surface area contributed by atoms with Gasteiger partial charge in [-0.15, -0.1) is 0 Å². The van der Waals surface area contributed by atoms with Crippen molar-refractivity contribution in [2.24, 2.45) is 5.92 Å². The molecule has 3 fully saturated rings. The summed E-state index contributed by atoms with van der Waals surface area (Å²) in [6.07, 6.45) is 11.5. The van der Waals surface area contributed by atoms with Gasteiger partial charge in [-0.1, -0.05) is 12.8 Å². The molecule has 0 aromatic carbocycles. The van der Waals surface area contributed by atoms with Crippen LogP contribution in [0.15, 0.2) is 0 Å². The highest BCUT2D eigenvalue weighted by Crippen LogP contribution is 2.36. The summed E-state index contributed by atoms with van der Waals surface area (Å²) in [6, 6.07) is 0.799. The Bertz CT molecular complexity index is 256. The molecule has 2 saturated carbocycles. The van der Waals surface area contributed by atoms with Crippen molar-refractivity contribution >= 4 is 0 Å². The van der Waals surface area contributed by atoms with Gasteiger partial charge in [0.1, 0.15) is 0 Å². The zero-order valence-corrected chi connectivity index (χ0v) is 11.4. The van der Waals surface area contributed by atoms with Crippen LogP contribution in [0.1, 0.15) is 58.3 Å². The largest absolute Gasteiger partial charge is 0.309 e. The van der Waals surface area contributed by atoms with Gasteiger partial charge >= 0.3 is 0 Å². The van der Waals surface area contributed by atoms with E-state index >= 15 is 0 Å². The molecule has 2 heteroatoms. The second kappa shape index (κ2) is 4.89. The predicted molar refractivity (Wildman–Crippen MR) is 72.2 cm³/mol. The average Bonchev–Trinajstić information content (AvgIpc) is 3.15. The fraction of sp³-hybridized carbons (Fsp3) is 1.00. The molecule has 2 aliphatic carbocycles. The first-order chi connectivity index (χ1) is 8.23. The van der Waals surface area contributed by atoms with E-state index in [0.717, 1.165) is 12.0 Å². The molecule has 1 atom stereocenters. The van der Waals surface area contributed by atoms with Gasteiger partial charge in [0.2, 0.25) is 0 Å². The molecule has 0 aromatic heterocycles. The number of hydrogen-bond acceptors (Lipinski definition) is 2. The molecule has 1 N–H and O–H groups in total. The average molecular weight is 236 g/mol. The Kier molecular flexibility index (Phi) is 3.45. The Hall–Kier alpha value is -0.0800. The zero-order chi connectivity index (χ0) is 11.7. The van der Waals surface area contributed by atoms with Crippen molar-refractivity contribution < 1.29 is 0 Å². The maximum absolute atomic E-state index is 3.88. The molecular formula is C15H28N2. The van der Waals surface area contributed by atoms with Gasteiger partial charge in [-0.05, 0) is 71.0 Å². The monoisotopic (exact) mass is 236 g/mol. The van der Waals surface area contributed by atoms with Crippen LogP contribution in [0, 0.1) is 5.92 Å². The summed E-state index contributed by atoms with van der Waals surface area (Å²) in [7, 11) is 0. The lowest BCUT2D eigenvalue weighted by atomic mass is 10.1. The summed E-state index contributed by atoms with van der Waals surface area (Å²) < 4.78 is 0. The third-order valence-corrected chi connectivity index (χ3v) is 4.92. The second-order valence-corrected chi connectivity index (χ2v) is 6.91. The van der Waals surface area contributed by atoms with Crippen molar-refractivity contribution in [3.05, 3.63) is 0 Å². The lowest BCUT2D eigenvalue weighted by Crippen LogP contribution is -2.38. The Balaban J connectivity index is 1.39. The van der Waals surface area contributed by atoms with E-state index in [-0.39, 0.29) is 0 Å². The van der Waals surface area contributed by atoms with Gasteiger partial charge in [0.05, 0.1) is 0 Å². The zero-order valence-electron chi connectivity index (χ0n) is 11.4. The van der Waals surface area contributed by atoms with Crippen LogP contribution in [0.5, 0.6) is 0 Å². The minimum atomic E-state index is 0.522. The molecule has 3 rings (SSSR count). The van der Waals surface area contributed by atoms with Gasteiger partial charge in [-0.25, -0.2) is 0 Å². The lowest BCUT2D eigenvalue weighted by Gasteiger charge is -2.22. The van der Waals surface area contributed by atoms with Gasteiger partial charge in [0.25, 0.3) is 0 Å². The molecule has 0 aromatic rings. The smallest absolute Gasteiger partial charge is 0.0157 e. The van der Waals surface area contributed by atoms with E-state index in [1.54, 1.807) is 0 Å². The molecule has 0 spiro atoms. The molecule has 17 heavy (non-hydrogen) atoms. The standard InChI is InChI=1S/C15H28N2/c1-15(8-9-15)16-14-3-2-10-17(12-7-14)11-6-13-4-5-13/h13-14,16H,2-12H2,1H3. The molecule has 0 amide bonds. The first kappa shape index (κ1) is 12.0. The molecule has 98 valence electrons. The Morgan fingerprint density at radius 2 is 1.94 bits per heavy atom. The Morgan fingerprint density at radius 1 is 1.12 bits per heavy atom. The molecule has 3 aliphatic rings. The Labute approximate surface area is 106 Å². The highest BCUT2D eigenvalue weighted by Gasteiger charge is 2.38. The maximum atomic E-state index is 3.88. The fourth-order valence-corrected chi connectivity index (χ4v) is 3.12. The minimum absolute atomic E-state index is 0.522. The van der Waals surface area contributed by atoms with E-state index in [0.29, 0.717) is 5.54 Å². The van der Waals surface area contributed by atoms with Crippen LogP contribution >= 0.6 is 0 Å². The molecule has 0 bridgehead atoms. The van der Waals surface area contributed by atoms with Crippen LogP contribution in [-0.2, 0) is 0 Å².